The molecule has 0 saturated carbocycles. The van der Waals surface area contributed by atoms with Gasteiger partial charge >= 0.3 is 0 Å². The number of benzene rings is 1. The SMILES string of the molecule is CCN(CC(C)C)C(=O)c1ccc(F)cc1N. The van der Waals surface area contributed by atoms with Gasteiger partial charge in [0, 0.05) is 18.8 Å². The van der Waals surface area contributed by atoms with Gasteiger partial charge < -0.3 is 10.6 Å². The van der Waals surface area contributed by atoms with E-state index in [4.69, 9.17) is 5.73 Å². The third-order valence-electron chi connectivity index (χ3n) is 2.50. The summed E-state index contributed by atoms with van der Waals surface area (Å²) in [5, 5.41) is 0. The van der Waals surface area contributed by atoms with Gasteiger partial charge in [-0.25, -0.2) is 4.39 Å². The summed E-state index contributed by atoms with van der Waals surface area (Å²) in [5.41, 5.74) is 6.22. The predicted octanol–water partition coefficient (Wildman–Crippen LogP) is 2.53. The number of nitrogen functional groups attached to an aromatic ring is 1. The maximum absolute atomic E-state index is 12.9. The predicted molar refractivity (Wildman–Crippen MR) is 67.2 cm³/mol. The van der Waals surface area contributed by atoms with Crippen molar-refractivity contribution < 1.29 is 9.18 Å². The third-order valence-corrected chi connectivity index (χ3v) is 2.50. The molecule has 4 heteroatoms. The van der Waals surface area contributed by atoms with Gasteiger partial charge in [-0.05, 0) is 31.0 Å². The second-order valence-corrected chi connectivity index (χ2v) is 4.47. The smallest absolute Gasteiger partial charge is 0.255 e. The lowest BCUT2D eigenvalue weighted by atomic mass is 10.1. The molecule has 1 amide bonds. The maximum Gasteiger partial charge on any atom is 0.255 e. The highest BCUT2D eigenvalue weighted by Gasteiger charge is 2.17. The second-order valence-electron chi connectivity index (χ2n) is 4.47. The van der Waals surface area contributed by atoms with Crippen LogP contribution < -0.4 is 5.73 Å². The molecule has 0 radical (unpaired) electrons. The molecular formula is C13H19FN2O. The highest BCUT2D eigenvalue weighted by Crippen LogP contribution is 2.16. The van der Waals surface area contributed by atoms with Gasteiger partial charge in [0.25, 0.3) is 5.91 Å². The summed E-state index contributed by atoms with van der Waals surface area (Å²) in [6.45, 7) is 7.30. The fraction of sp³-hybridized carbons (Fsp3) is 0.462. The maximum atomic E-state index is 12.9. The van der Waals surface area contributed by atoms with Crippen LogP contribution in [0.25, 0.3) is 0 Å². The van der Waals surface area contributed by atoms with Crippen molar-refractivity contribution in [2.75, 3.05) is 18.8 Å². The average Bonchev–Trinajstić information content (AvgIpc) is 2.24. The van der Waals surface area contributed by atoms with Gasteiger partial charge in [-0.2, -0.15) is 0 Å². The monoisotopic (exact) mass is 238 g/mol. The van der Waals surface area contributed by atoms with Crippen molar-refractivity contribution in [3.05, 3.63) is 29.6 Å². The fourth-order valence-electron chi connectivity index (χ4n) is 1.70. The first-order chi connectivity index (χ1) is 7.95. The first-order valence-electron chi connectivity index (χ1n) is 5.80. The van der Waals surface area contributed by atoms with Gasteiger partial charge in [-0.15, -0.1) is 0 Å². The highest BCUT2D eigenvalue weighted by atomic mass is 19.1. The number of amides is 1. The molecular weight excluding hydrogens is 219 g/mol. The molecule has 0 fully saturated rings. The van der Waals surface area contributed by atoms with E-state index >= 15 is 0 Å². The number of hydrogen-bond acceptors (Lipinski definition) is 2. The quantitative estimate of drug-likeness (QED) is 0.819. The van der Waals surface area contributed by atoms with Crippen LogP contribution in [-0.4, -0.2) is 23.9 Å². The van der Waals surface area contributed by atoms with E-state index in [1.54, 1.807) is 4.90 Å². The largest absolute Gasteiger partial charge is 0.398 e. The summed E-state index contributed by atoms with van der Waals surface area (Å²) in [5.74, 6) is -0.176. The van der Waals surface area contributed by atoms with Crippen LogP contribution in [0.2, 0.25) is 0 Å². The molecule has 0 heterocycles. The van der Waals surface area contributed by atoms with Gasteiger partial charge in [-0.3, -0.25) is 4.79 Å². The molecule has 1 aromatic rings. The molecule has 1 rings (SSSR count). The van der Waals surface area contributed by atoms with E-state index in [1.165, 1.54) is 18.2 Å². The Balaban J connectivity index is 2.93. The van der Waals surface area contributed by atoms with E-state index in [1.807, 2.05) is 20.8 Å². The Morgan fingerprint density at radius 3 is 2.59 bits per heavy atom. The summed E-state index contributed by atoms with van der Waals surface area (Å²) in [7, 11) is 0. The van der Waals surface area contributed by atoms with Crippen LogP contribution in [0.5, 0.6) is 0 Å². The van der Waals surface area contributed by atoms with Gasteiger partial charge in [0.1, 0.15) is 5.82 Å². The Morgan fingerprint density at radius 1 is 1.47 bits per heavy atom. The van der Waals surface area contributed by atoms with E-state index in [0.717, 1.165) is 0 Å². The van der Waals surface area contributed by atoms with Crippen LogP contribution in [-0.2, 0) is 0 Å². The van der Waals surface area contributed by atoms with Crippen LogP contribution in [0, 0.1) is 11.7 Å². The normalized spacial score (nSPS) is 10.6. The molecule has 0 bridgehead atoms. The molecule has 0 aliphatic carbocycles. The van der Waals surface area contributed by atoms with E-state index in [9.17, 15) is 9.18 Å². The van der Waals surface area contributed by atoms with Crippen molar-refractivity contribution in [3.8, 4) is 0 Å². The standard InChI is InChI=1S/C13H19FN2O/c1-4-16(8-9(2)3)13(17)11-6-5-10(14)7-12(11)15/h5-7,9H,4,8,15H2,1-3H3. The van der Waals surface area contributed by atoms with Crippen molar-refractivity contribution in [2.45, 2.75) is 20.8 Å². The first kappa shape index (κ1) is 13.5. The number of carbonyl (C=O) groups excluding carboxylic acids is 1. The van der Waals surface area contributed by atoms with Crippen LogP contribution in [0.15, 0.2) is 18.2 Å². The zero-order valence-corrected chi connectivity index (χ0v) is 10.5. The van der Waals surface area contributed by atoms with Gasteiger partial charge in [0.15, 0.2) is 0 Å². The van der Waals surface area contributed by atoms with Crippen LogP contribution in [0.4, 0.5) is 10.1 Å². The number of nitrogens with two attached hydrogens (primary N) is 1. The van der Waals surface area contributed by atoms with Crippen molar-refractivity contribution in [2.24, 2.45) is 5.92 Å². The molecule has 0 unspecified atom stereocenters. The summed E-state index contributed by atoms with van der Waals surface area (Å²) in [6.07, 6.45) is 0. The zero-order chi connectivity index (χ0) is 13.0. The van der Waals surface area contributed by atoms with E-state index in [-0.39, 0.29) is 11.6 Å². The molecule has 0 aromatic heterocycles. The van der Waals surface area contributed by atoms with Gasteiger partial charge in [0.05, 0.1) is 5.56 Å². The number of halogens is 1. The lowest BCUT2D eigenvalue weighted by molar-refractivity contribution is 0.0747. The zero-order valence-electron chi connectivity index (χ0n) is 10.5. The van der Waals surface area contributed by atoms with E-state index in [2.05, 4.69) is 0 Å². The summed E-state index contributed by atoms with van der Waals surface area (Å²) in [6, 6.07) is 3.87. The molecule has 17 heavy (non-hydrogen) atoms. The lowest BCUT2D eigenvalue weighted by Gasteiger charge is -2.23. The molecule has 0 aliphatic rings. The number of hydrogen-bond donors (Lipinski definition) is 1. The van der Waals surface area contributed by atoms with Crippen molar-refractivity contribution in [3.63, 3.8) is 0 Å². The van der Waals surface area contributed by atoms with Crippen LogP contribution >= 0.6 is 0 Å². The number of anilines is 1. The topological polar surface area (TPSA) is 46.3 Å². The number of nitrogens with zero attached hydrogens (tertiary/aromatic N) is 1. The Morgan fingerprint density at radius 2 is 2.12 bits per heavy atom. The molecule has 2 N–H and O–H groups in total. The first-order valence-corrected chi connectivity index (χ1v) is 5.80. The average molecular weight is 238 g/mol. The minimum atomic E-state index is -0.425. The molecule has 0 saturated heterocycles. The fourth-order valence-corrected chi connectivity index (χ4v) is 1.70. The molecule has 1 aromatic carbocycles. The van der Waals surface area contributed by atoms with Crippen molar-refractivity contribution >= 4 is 11.6 Å². The van der Waals surface area contributed by atoms with Crippen molar-refractivity contribution in [1.82, 2.24) is 4.90 Å². The Bertz CT molecular complexity index is 404. The molecule has 0 spiro atoms. The van der Waals surface area contributed by atoms with Crippen LogP contribution in [0.1, 0.15) is 31.1 Å². The summed E-state index contributed by atoms with van der Waals surface area (Å²) >= 11 is 0. The molecule has 0 aliphatic heterocycles. The van der Waals surface area contributed by atoms with E-state index in [0.29, 0.717) is 24.6 Å². The molecule has 3 nitrogen and oxygen atoms in total. The Kier molecular flexibility index (Phi) is 4.49. The van der Waals surface area contributed by atoms with E-state index < -0.39 is 5.82 Å². The molecule has 94 valence electrons. The van der Waals surface area contributed by atoms with Crippen molar-refractivity contribution in [1.29, 1.82) is 0 Å². The molecule has 0 atom stereocenters. The summed E-state index contributed by atoms with van der Waals surface area (Å²) in [4.78, 5) is 13.9. The lowest BCUT2D eigenvalue weighted by Crippen LogP contribution is -2.34. The number of carbonyl (C=O) groups is 1. The van der Waals surface area contributed by atoms with Crippen LogP contribution in [0.3, 0.4) is 0 Å². The summed E-state index contributed by atoms with van der Waals surface area (Å²) < 4.78 is 12.9. The minimum Gasteiger partial charge on any atom is -0.398 e. The second kappa shape index (κ2) is 5.66. The van der Waals surface area contributed by atoms with Gasteiger partial charge in [-0.1, -0.05) is 13.8 Å². The number of rotatable bonds is 4. The Labute approximate surface area is 101 Å². The Hall–Kier alpha value is -1.58. The third kappa shape index (κ3) is 3.44. The minimum absolute atomic E-state index is 0.140. The highest BCUT2D eigenvalue weighted by molar-refractivity contribution is 5.99. The van der Waals surface area contributed by atoms with Gasteiger partial charge in [0.2, 0.25) is 0 Å².